The van der Waals surface area contributed by atoms with Gasteiger partial charge in [-0.1, -0.05) is 12.1 Å². The molecule has 2 N–H and O–H groups in total. The zero-order valence-electron chi connectivity index (χ0n) is 10.8. The topological polar surface area (TPSA) is 56.0 Å². The molecule has 0 bridgehead atoms. The van der Waals surface area contributed by atoms with Crippen LogP contribution in [0.5, 0.6) is 0 Å². The van der Waals surface area contributed by atoms with Crippen molar-refractivity contribution in [3.63, 3.8) is 0 Å². The SMILES string of the molecule is N#Cc1ccc(C(O)CNc2ccc(F)c(F)c2F)cc1. The van der Waals surface area contributed by atoms with Crippen molar-refractivity contribution in [3.8, 4) is 6.07 Å². The highest BCUT2D eigenvalue weighted by Gasteiger charge is 2.14. The maximum Gasteiger partial charge on any atom is 0.196 e. The smallest absolute Gasteiger partial charge is 0.196 e. The molecule has 6 heteroatoms. The molecule has 1 unspecified atom stereocenters. The molecular weight excluding hydrogens is 281 g/mol. The van der Waals surface area contributed by atoms with Gasteiger partial charge in [0.15, 0.2) is 17.5 Å². The third-order valence-corrected chi connectivity index (χ3v) is 2.95. The lowest BCUT2D eigenvalue weighted by atomic mass is 10.1. The monoisotopic (exact) mass is 292 g/mol. The molecule has 21 heavy (non-hydrogen) atoms. The van der Waals surface area contributed by atoms with Crippen LogP contribution in [0.2, 0.25) is 0 Å². The van der Waals surface area contributed by atoms with E-state index in [1.807, 2.05) is 6.07 Å². The number of aliphatic hydroxyl groups excluding tert-OH is 1. The van der Waals surface area contributed by atoms with E-state index in [0.29, 0.717) is 11.1 Å². The van der Waals surface area contributed by atoms with E-state index >= 15 is 0 Å². The predicted octanol–water partition coefficient (Wildman–Crippen LogP) is 3.12. The van der Waals surface area contributed by atoms with Crippen LogP contribution in [-0.4, -0.2) is 11.7 Å². The molecule has 2 aromatic carbocycles. The van der Waals surface area contributed by atoms with E-state index in [4.69, 9.17) is 5.26 Å². The molecule has 0 aliphatic rings. The van der Waals surface area contributed by atoms with Crippen molar-refractivity contribution >= 4 is 5.69 Å². The number of hydrogen-bond donors (Lipinski definition) is 2. The fourth-order valence-electron chi connectivity index (χ4n) is 1.77. The van der Waals surface area contributed by atoms with Gasteiger partial charge in [0.25, 0.3) is 0 Å². The minimum atomic E-state index is -1.56. The van der Waals surface area contributed by atoms with Gasteiger partial charge in [-0.15, -0.1) is 0 Å². The van der Waals surface area contributed by atoms with Gasteiger partial charge >= 0.3 is 0 Å². The predicted molar refractivity (Wildman–Crippen MR) is 70.9 cm³/mol. The second-order valence-corrected chi connectivity index (χ2v) is 4.35. The van der Waals surface area contributed by atoms with Crippen molar-refractivity contribution in [3.05, 3.63) is 65.0 Å². The summed E-state index contributed by atoms with van der Waals surface area (Å²) in [5.74, 6) is -4.17. The van der Waals surface area contributed by atoms with E-state index in [1.165, 1.54) is 12.1 Å². The fraction of sp³-hybridized carbons (Fsp3) is 0.133. The van der Waals surface area contributed by atoms with Gasteiger partial charge in [-0.25, -0.2) is 13.2 Å². The summed E-state index contributed by atoms with van der Waals surface area (Å²) in [5, 5.41) is 21.1. The second-order valence-electron chi connectivity index (χ2n) is 4.35. The number of nitriles is 1. The Kier molecular flexibility index (Phi) is 4.45. The number of halogens is 3. The van der Waals surface area contributed by atoms with Gasteiger partial charge in [0.2, 0.25) is 0 Å². The minimum absolute atomic E-state index is 0.0894. The van der Waals surface area contributed by atoms with Gasteiger partial charge in [-0.05, 0) is 29.8 Å². The van der Waals surface area contributed by atoms with Crippen LogP contribution in [0.4, 0.5) is 18.9 Å². The molecule has 0 radical (unpaired) electrons. The van der Waals surface area contributed by atoms with Crippen molar-refractivity contribution in [1.82, 2.24) is 0 Å². The normalized spacial score (nSPS) is 11.8. The van der Waals surface area contributed by atoms with Crippen molar-refractivity contribution in [2.45, 2.75) is 6.10 Å². The molecule has 0 saturated heterocycles. The molecular formula is C15H11F3N2O. The third-order valence-electron chi connectivity index (χ3n) is 2.95. The standard InChI is InChI=1S/C15H11F3N2O/c16-11-5-6-12(15(18)14(11)17)20-8-13(21)10-3-1-9(7-19)2-4-10/h1-6,13,20-21H,8H2. The van der Waals surface area contributed by atoms with Crippen LogP contribution < -0.4 is 5.32 Å². The number of aliphatic hydroxyl groups is 1. The van der Waals surface area contributed by atoms with Crippen molar-refractivity contribution < 1.29 is 18.3 Å². The number of rotatable bonds is 4. The summed E-state index contributed by atoms with van der Waals surface area (Å²) in [6.07, 6.45) is -0.981. The molecule has 2 rings (SSSR count). The lowest BCUT2D eigenvalue weighted by Gasteiger charge is -2.14. The molecule has 0 aliphatic heterocycles. The first-order valence-corrected chi connectivity index (χ1v) is 6.08. The summed E-state index contributed by atoms with van der Waals surface area (Å²) in [7, 11) is 0. The maximum absolute atomic E-state index is 13.4. The molecule has 108 valence electrons. The Labute approximate surface area is 119 Å². The first-order chi connectivity index (χ1) is 10.0. The quantitative estimate of drug-likeness (QED) is 0.851. The fourth-order valence-corrected chi connectivity index (χ4v) is 1.77. The first kappa shape index (κ1) is 14.9. The number of hydrogen-bond acceptors (Lipinski definition) is 3. The zero-order chi connectivity index (χ0) is 15.4. The molecule has 0 heterocycles. The third kappa shape index (κ3) is 3.33. The maximum atomic E-state index is 13.4. The van der Waals surface area contributed by atoms with E-state index < -0.39 is 23.6 Å². The minimum Gasteiger partial charge on any atom is -0.387 e. The Balaban J connectivity index is 2.05. The van der Waals surface area contributed by atoms with Gasteiger partial charge in [-0.2, -0.15) is 5.26 Å². The highest BCUT2D eigenvalue weighted by molar-refractivity contribution is 5.45. The summed E-state index contributed by atoms with van der Waals surface area (Å²) in [5.41, 5.74) is 0.733. The van der Waals surface area contributed by atoms with E-state index in [-0.39, 0.29) is 12.2 Å². The number of nitrogens with one attached hydrogen (secondary N) is 1. The van der Waals surface area contributed by atoms with Crippen LogP contribution in [0.1, 0.15) is 17.2 Å². The molecule has 0 saturated carbocycles. The summed E-state index contributed by atoms with van der Waals surface area (Å²) in [6.45, 7) is -0.0894. The van der Waals surface area contributed by atoms with Gasteiger partial charge in [-0.3, -0.25) is 0 Å². The molecule has 1 atom stereocenters. The number of anilines is 1. The highest BCUT2D eigenvalue weighted by Crippen LogP contribution is 2.21. The number of nitrogens with zero attached hydrogens (tertiary/aromatic N) is 1. The molecule has 0 aliphatic carbocycles. The van der Waals surface area contributed by atoms with E-state index in [0.717, 1.165) is 12.1 Å². The van der Waals surface area contributed by atoms with E-state index in [1.54, 1.807) is 12.1 Å². The van der Waals surface area contributed by atoms with Crippen molar-refractivity contribution in [1.29, 1.82) is 5.26 Å². The van der Waals surface area contributed by atoms with Crippen LogP contribution in [-0.2, 0) is 0 Å². The highest BCUT2D eigenvalue weighted by atomic mass is 19.2. The van der Waals surface area contributed by atoms with E-state index in [2.05, 4.69) is 5.32 Å². The van der Waals surface area contributed by atoms with Gasteiger partial charge in [0.05, 0.1) is 23.4 Å². The number of benzene rings is 2. The van der Waals surface area contributed by atoms with Gasteiger partial charge in [0.1, 0.15) is 0 Å². The zero-order valence-corrected chi connectivity index (χ0v) is 10.8. The second kappa shape index (κ2) is 6.29. The Morgan fingerprint density at radius 1 is 1.05 bits per heavy atom. The molecule has 0 fully saturated rings. The summed E-state index contributed by atoms with van der Waals surface area (Å²) in [6, 6.07) is 10.0. The molecule has 3 nitrogen and oxygen atoms in total. The lowest BCUT2D eigenvalue weighted by molar-refractivity contribution is 0.191. The summed E-state index contributed by atoms with van der Waals surface area (Å²) in [4.78, 5) is 0. The van der Waals surface area contributed by atoms with Crippen LogP contribution in [0.25, 0.3) is 0 Å². The Hall–Kier alpha value is -2.52. The van der Waals surface area contributed by atoms with Crippen LogP contribution >= 0.6 is 0 Å². The van der Waals surface area contributed by atoms with Crippen LogP contribution in [0, 0.1) is 28.8 Å². The molecule has 0 amide bonds. The van der Waals surface area contributed by atoms with Crippen LogP contribution in [0.15, 0.2) is 36.4 Å². The molecule has 0 aromatic heterocycles. The first-order valence-electron chi connectivity index (χ1n) is 6.08. The van der Waals surface area contributed by atoms with Gasteiger partial charge < -0.3 is 10.4 Å². The van der Waals surface area contributed by atoms with Crippen molar-refractivity contribution in [2.24, 2.45) is 0 Å². The summed E-state index contributed by atoms with van der Waals surface area (Å²) >= 11 is 0. The van der Waals surface area contributed by atoms with Crippen LogP contribution in [0.3, 0.4) is 0 Å². The van der Waals surface area contributed by atoms with Gasteiger partial charge in [0, 0.05) is 6.54 Å². The van der Waals surface area contributed by atoms with Crippen molar-refractivity contribution in [2.75, 3.05) is 11.9 Å². The Morgan fingerprint density at radius 2 is 1.71 bits per heavy atom. The largest absolute Gasteiger partial charge is 0.387 e. The Bertz CT molecular complexity index is 681. The molecule has 0 spiro atoms. The summed E-state index contributed by atoms with van der Waals surface area (Å²) < 4.78 is 39.2. The Morgan fingerprint density at radius 3 is 2.33 bits per heavy atom. The van der Waals surface area contributed by atoms with E-state index in [9.17, 15) is 18.3 Å². The molecule has 2 aromatic rings. The lowest BCUT2D eigenvalue weighted by Crippen LogP contribution is -2.13. The average Bonchev–Trinajstić information content (AvgIpc) is 2.52. The average molecular weight is 292 g/mol.